The van der Waals surface area contributed by atoms with Crippen molar-refractivity contribution in [3.05, 3.63) is 83.2 Å². The van der Waals surface area contributed by atoms with Crippen LogP contribution in [0.2, 0.25) is 0 Å². The lowest BCUT2D eigenvalue weighted by Gasteiger charge is -2.11. The number of carbonyl (C=O) groups is 1. The molecule has 0 saturated heterocycles. The molecule has 3 heteroatoms. The Morgan fingerprint density at radius 2 is 1.71 bits per heavy atom. The SMILES string of the molecule is O=C(O)c1ccc2ccc(F)cc2c1Cc1ccccc1. The summed E-state index contributed by atoms with van der Waals surface area (Å²) >= 11 is 0. The van der Waals surface area contributed by atoms with Crippen LogP contribution in [0.3, 0.4) is 0 Å². The van der Waals surface area contributed by atoms with Gasteiger partial charge in [0.2, 0.25) is 0 Å². The summed E-state index contributed by atoms with van der Waals surface area (Å²) in [6, 6.07) is 17.3. The summed E-state index contributed by atoms with van der Waals surface area (Å²) in [5.41, 5.74) is 1.86. The molecule has 3 aromatic rings. The van der Waals surface area contributed by atoms with Crippen LogP contribution in [-0.4, -0.2) is 11.1 Å². The maximum atomic E-state index is 13.5. The highest BCUT2D eigenvalue weighted by atomic mass is 19.1. The van der Waals surface area contributed by atoms with Crippen LogP contribution >= 0.6 is 0 Å². The number of fused-ring (bicyclic) bond motifs is 1. The van der Waals surface area contributed by atoms with Crippen LogP contribution in [-0.2, 0) is 6.42 Å². The van der Waals surface area contributed by atoms with E-state index >= 15 is 0 Å². The summed E-state index contributed by atoms with van der Waals surface area (Å²) in [5, 5.41) is 10.9. The molecule has 3 aromatic carbocycles. The van der Waals surface area contributed by atoms with E-state index in [9.17, 15) is 14.3 Å². The number of carboxylic acid groups (broad SMARTS) is 1. The van der Waals surface area contributed by atoms with E-state index in [1.165, 1.54) is 12.1 Å². The highest BCUT2D eigenvalue weighted by Gasteiger charge is 2.14. The second-order valence-corrected chi connectivity index (χ2v) is 4.92. The third kappa shape index (κ3) is 2.63. The topological polar surface area (TPSA) is 37.3 Å². The standard InChI is InChI=1S/C18H13FO2/c19-14-8-6-13-7-9-15(18(20)21)17(16(13)11-14)10-12-4-2-1-3-5-12/h1-9,11H,10H2,(H,20,21). The third-order valence-corrected chi connectivity index (χ3v) is 3.55. The molecule has 0 radical (unpaired) electrons. The zero-order valence-electron chi connectivity index (χ0n) is 11.2. The van der Waals surface area contributed by atoms with Gasteiger partial charge in [-0.15, -0.1) is 0 Å². The van der Waals surface area contributed by atoms with Crippen LogP contribution in [0.1, 0.15) is 21.5 Å². The Hall–Kier alpha value is -2.68. The Labute approximate surface area is 121 Å². The molecule has 0 saturated carbocycles. The van der Waals surface area contributed by atoms with Crippen LogP contribution in [0.5, 0.6) is 0 Å². The number of hydrogen-bond acceptors (Lipinski definition) is 1. The van der Waals surface area contributed by atoms with Crippen molar-refractivity contribution in [1.82, 2.24) is 0 Å². The van der Waals surface area contributed by atoms with E-state index < -0.39 is 5.97 Å². The molecule has 0 spiro atoms. The molecule has 0 aliphatic carbocycles. The molecule has 104 valence electrons. The summed E-state index contributed by atoms with van der Waals surface area (Å²) < 4.78 is 13.5. The lowest BCUT2D eigenvalue weighted by atomic mass is 9.93. The Morgan fingerprint density at radius 3 is 2.43 bits per heavy atom. The lowest BCUT2D eigenvalue weighted by molar-refractivity contribution is 0.0696. The molecule has 1 N–H and O–H groups in total. The van der Waals surface area contributed by atoms with Gasteiger partial charge in [-0.3, -0.25) is 0 Å². The third-order valence-electron chi connectivity index (χ3n) is 3.55. The molecule has 21 heavy (non-hydrogen) atoms. The van der Waals surface area contributed by atoms with E-state index in [1.807, 2.05) is 30.3 Å². The highest BCUT2D eigenvalue weighted by molar-refractivity contribution is 5.98. The van der Waals surface area contributed by atoms with Gasteiger partial charge in [0.25, 0.3) is 0 Å². The Morgan fingerprint density at radius 1 is 1.00 bits per heavy atom. The quantitative estimate of drug-likeness (QED) is 0.778. The summed E-state index contributed by atoms with van der Waals surface area (Å²) in [7, 11) is 0. The van der Waals surface area contributed by atoms with Crippen LogP contribution in [0, 0.1) is 5.82 Å². The van der Waals surface area contributed by atoms with Gasteiger partial charge in [-0.25, -0.2) is 9.18 Å². The lowest BCUT2D eigenvalue weighted by Crippen LogP contribution is -2.04. The van der Waals surface area contributed by atoms with Crippen molar-refractivity contribution in [1.29, 1.82) is 0 Å². The number of hydrogen-bond donors (Lipinski definition) is 1. The largest absolute Gasteiger partial charge is 0.478 e. The summed E-state index contributed by atoms with van der Waals surface area (Å²) in [4.78, 5) is 11.4. The van der Waals surface area contributed by atoms with Crippen molar-refractivity contribution in [2.45, 2.75) is 6.42 Å². The molecule has 0 heterocycles. The van der Waals surface area contributed by atoms with E-state index in [0.29, 0.717) is 17.4 Å². The predicted molar refractivity (Wildman–Crippen MR) is 80.1 cm³/mol. The van der Waals surface area contributed by atoms with Crippen molar-refractivity contribution < 1.29 is 14.3 Å². The molecule has 0 aliphatic heterocycles. The minimum atomic E-state index is -0.993. The van der Waals surface area contributed by atoms with Gasteiger partial charge in [0.1, 0.15) is 5.82 Å². The van der Waals surface area contributed by atoms with E-state index in [-0.39, 0.29) is 11.4 Å². The van der Waals surface area contributed by atoms with Gasteiger partial charge in [-0.2, -0.15) is 0 Å². The molecule has 0 aliphatic rings. The van der Waals surface area contributed by atoms with Gasteiger partial charge >= 0.3 is 5.97 Å². The Bertz CT molecular complexity index is 810. The highest BCUT2D eigenvalue weighted by Crippen LogP contribution is 2.26. The number of aromatic carboxylic acids is 1. The first-order valence-electron chi connectivity index (χ1n) is 6.63. The van der Waals surface area contributed by atoms with Crippen molar-refractivity contribution in [2.75, 3.05) is 0 Å². The maximum absolute atomic E-state index is 13.5. The molecular formula is C18H13FO2. The van der Waals surface area contributed by atoms with Crippen molar-refractivity contribution >= 4 is 16.7 Å². The predicted octanol–water partition coefficient (Wildman–Crippen LogP) is 4.27. The first-order chi connectivity index (χ1) is 10.1. The monoisotopic (exact) mass is 280 g/mol. The van der Waals surface area contributed by atoms with Crippen molar-refractivity contribution in [2.24, 2.45) is 0 Å². The normalized spacial score (nSPS) is 10.7. The Kier molecular flexibility index (Phi) is 3.40. The maximum Gasteiger partial charge on any atom is 0.335 e. The molecule has 0 amide bonds. The first kappa shape index (κ1) is 13.3. The van der Waals surface area contributed by atoms with E-state index in [2.05, 4.69) is 0 Å². The van der Waals surface area contributed by atoms with Crippen molar-refractivity contribution in [3.63, 3.8) is 0 Å². The van der Waals surface area contributed by atoms with E-state index in [1.54, 1.807) is 18.2 Å². The molecule has 3 rings (SSSR count). The van der Waals surface area contributed by atoms with Crippen LogP contribution in [0.25, 0.3) is 10.8 Å². The molecule has 0 aromatic heterocycles. The fourth-order valence-electron chi connectivity index (χ4n) is 2.54. The number of rotatable bonds is 3. The van der Waals surface area contributed by atoms with Gasteiger partial charge in [0, 0.05) is 0 Å². The summed E-state index contributed by atoms with van der Waals surface area (Å²) in [5.74, 6) is -1.36. The Balaban J connectivity index is 2.23. The van der Waals surface area contributed by atoms with Gasteiger partial charge in [0.05, 0.1) is 5.56 Å². The van der Waals surface area contributed by atoms with Gasteiger partial charge in [-0.05, 0) is 46.5 Å². The average molecular weight is 280 g/mol. The molecule has 0 atom stereocenters. The number of carboxylic acids is 1. The second kappa shape index (κ2) is 5.37. The minimum absolute atomic E-state index is 0.219. The molecule has 0 unspecified atom stereocenters. The van der Waals surface area contributed by atoms with Crippen LogP contribution in [0.15, 0.2) is 60.7 Å². The van der Waals surface area contributed by atoms with E-state index in [0.717, 1.165) is 10.9 Å². The van der Waals surface area contributed by atoms with Crippen LogP contribution < -0.4 is 0 Å². The smallest absolute Gasteiger partial charge is 0.335 e. The van der Waals surface area contributed by atoms with E-state index in [4.69, 9.17) is 0 Å². The zero-order chi connectivity index (χ0) is 14.8. The first-order valence-corrected chi connectivity index (χ1v) is 6.63. The fraction of sp³-hybridized carbons (Fsp3) is 0.0556. The summed E-state index contributed by atoms with van der Waals surface area (Å²) in [6.07, 6.45) is 0.462. The molecule has 0 bridgehead atoms. The molecule has 0 fully saturated rings. The molecule has 2 nitrogen and oxygen atoms in total. The second-order valence-electron chi connectivity index (χ2n) is 4.92. The fourth-order valence-corrected chi connectivity index (χ4v) is 2.54. The minimum Gasteiger partial charge on any atom is -0.478 e. The number of benzene rings is 3. The molecular weight excluding hydrogens is 267 g/mol. The number of halogens is 1. The average Bonchev–Trinajstić information content (AvgIpc) is 2.48. The van der Waals surface area contributed by atoms with Gasteiger partial charge < -0.3 is 5.11 Å². The summed E-state index contributed by atoms with van der Waals surface area (Å²) in [6.45, 7) is 0. The van der Waals surface area contributed by atoms with Crippen molar-refractivity contribution in [3.8, 4) is 0 Å². The zero-order valence-corrected chi connectivity index (χ0v) is 11.2. The van der Waals surface area contributed by atoms with Gasteiger partial charge in [0.15, 0.2) is 0 Å². The van der Waals surface area contributed by atoms with Gasteiger partial charge in [-0.1, -0.05) is 42.5 Å². The van der Waals surface area contributed by atoms with Crippen LogP contribution in [0.4, 0.5) is 4.39 Å².